The first-order valence-corrected chi connectivity index (χ1v) is 7.47. The van der Waals surface area contributed by atoms with Crippen LogP contribution in [0.25, 0.3) is 0 Å². The van der Waals surface area contributed by atoms with Crippen LogP contribution in [0, 0.1) is 12.8 Å². The highest BCUT2D eigenvalue weighted by Gasteiger charge is 2.43. The molecular weight excluding hydrogens is 270 g/mol. The molecule has 1 aromatic carbocycles. The summed E-state index contributed by atoms with van der Waals surface area (Å²) in [4.78, 5) is 12.0. The van der Waals surface area contributed by atoms with Crippen molar-refractivity contribution < 1.29 is 4.79 Å². The number of rotatable bonds is 3. The van der Waals surface area contributed by atoms with Crippen LogP contribution in [0.4, 0.5) is 0 Å². The fourth-order valence-corrected chi connectivity index (χ4v) is 2.54. The molecule has 2 atom stereocenters. The molecule has 0 heterocycles. The largest absolute Gasteiger partial charge is 0.359 e. The number of hydrogen-bond donors (Lipinski definition) is 3. The highest BCUT2D eigenvalue weighted by atomic mass is 32.1. The Labute approximate surface area is 124 Å². The average molecular weight is 289 g/mol. The first-order chi connectivity index (χ1) is 9.63. The summed E-state index contributed by atoms with van der Waals surface area (Å²) < 4.78 is 0. The summed E-state index contributed by atoms with van der Waals surface area (Å²) in [5.74, 6) is 0.437. The van der Waals surface area contributed by atoms with E-state index in [1.807, 2.05) is 0 Å². The molecule has 5 heteroatoms. The number of nitrogens with one attached hydrogen (secondary N) is 3. The second kappa shape index (κ2) is 5.40. The van der Waals surface area contributed by atoms with Gasteiger partial charge in [-0.25, -0.2) is 0 Å². The lowest BCUT2D eigenvalue weighted by molar-refractivity contribution is -0.122. The van der Waals surface area contributed by atoms with Gasteiger partial charge in [0.2, 0.25) is 5.91 Å². The van der Waals surface area contributed by atoms with Crippen LogP contribution in [-0.2, 0) is 4.79 Å². The van der Waals surface area contributed by atoms with Crippen LogP contribution in [0.2, 0.25) is 0 Å². The summed E-state index contributed by atoms with van der Waals surface area (Å²) in [5, 5.41) is 3.63. The standard InChI is InChI=1S/C15H19N3OS/c1-9-2-4-10(5-3-9)12-8-13(12)14(19)17-18-15(20)16-11-6-7-11/h2-5,11-13H,6-8H2,1H3,(H,17,19)(H2,16,18,20)/t12-,13+/m1/s1. The number of hydrogen-bond acceptors (Lipinski definition) is 2. The summed E-state index contributed by atoms with van der Waals surface area (Å²) in [5.41, 5.74) is 7.96. The summed E-state index contributed by atoms with van der Waals surface area (Å²) in [7, 11) is 0. The van der Waals surface area contributed by atoms with Crippen LogP contribution in [0.5, 0.6) is 0 Å². The van der Waals surface area contributed by atoms with Crippen LogP contribution in [0.3, 0.4) is 0 Å². The summed E-state index contributed by atoms with van der Waals surface area (Å²) in [6.45, 7) is 2.07. The van der Waals surface area contributed by atoms with Crippen LogP contribution < -0.4 is 16.2 Å². The van der Waals surface area contributed by atoms with E-state index in [-0.39, 0.29) is 11.8 Å². The maximum atomic E-state index is 12.0. The Morgan fingerprint density at radius 3 is 2.55 bits per heavy atom. The van der Waals surface area contributed by atoms with Crippen molar-refractivity contribution in [3.63, 3.8) is 0 Å². The number of benzene rings is 1. The van der Waals surface area contributed by atoms with Gasteiger partial charge in [0.1, 0.15) is 0 Å². The van der Waals surface area contributed by atoms with Crippen LogP contribution in [0.15, 0.2) is 24.3 Å². The van der Waals surface area contributed by atoms with Gasteiger partial charge in [-0.2, -0.15) is 0 Å². The van der Waals surface area contributed by atoms with E-state index < -0.39 is 0 Å². The highest BCUT2D eigenvalue weighted by Crippen LogP contribution is 2.47. The summed E-state index contributed by atoms with van der Waals surface area (Å²) >= 11 is 5.10. The predicted octanol–water partition coefficient (Wildman–Crippen LogP) is 1.76. The zero-order chi connectivity index (χ0) is 14.1. The number of carbonyl (C=O) groups excluding carboxylic acids is 1. The van der Waals surface area contributed by atoms with Crippen molar-refractivity contribution in [2.45, 2.75) is 38.1 Å². The number of carbonyl (C=O) groups is 1. The van der Waals surface area contributed by atoms with Gasteiger partial charge in [0.05, 0.1) is 0 Å². The van der Waals surface area contributed by atoms with E-state index in [0.717, 1.165) is 19.3 Å². The van der Waals surface area contributed by atoms with Crippen LogP contribution >= 0.6 is 12.2 Å². The van der Waals surface area contributed by atoms with Gasteiger partial charge in [-0.1, -0.05) is 29.8 Å². The molecule has 2 aliphatic rings. The van der Waals surface area contributed by atoms with Gasteiger partial charge in [-0.15, -0.1) is 0 Å². The van der Waals surface area contributed by atoms with Gasteiger partial charge < -0.3 is 5.32 Å². The fourth-order valence-electron chi connectivity index (χ4n) is 2.33. The zero-order valence-corrected chi connectivity index (χ0v) is 12.3. The zero-order valence-electron chi connectivity index (χ0n) is 11.5. The molecule has 20 heavy (non-hydrogen) atoms. The number of amides is 1. The van der Waals surface area contributed by atoms with Crippen molar-refractivity contribution in [2.24, 2.45) is 5.92 Å². The second-order valence-electron chi connectivity index (χ2n) is 5.72. The van der Waals surface area contributed by atoms with Crippen LogP contribution in [0.1, 0.15) is 36.3 Å². The minimum absolute atomic E-state index is 0.0236. The van der Waals surface area contributed by atoms with Gasteiger partial charge in [0, 0.05) is 12.0 Å². The fraction of sp³-hybridized carbons (Fsp3) is 0.467. The molecule has 3 N–H and O–H groups in total. The van der Waals surface area contributed by atoms with Crippen molar-refractivity contribution in [1.82, 2.24) is 16.2 Å². The number of aryl methyl sites for hydroxylation is 1. The van der Waals surface area contributed by atoms with Gasteiger partial charge in [-0.3, -0.25) is 15.6 Å². The maximum absolute atomic E-state index is 12.0. The van der Waals surface area contributed by atoms with Gasteiger partial charge >= 0.3 is 0 Å². The molecule has 1 amide bonds. The molecule has 2 saturated carbocycles. The van der Waals surface area contributed by atoms with E-state index in [2.05, 4.69) is 47.4 Å². The molecule has 3 rings (SSSR count). The molecule has 1 aromatic rings. The van der Waals surface area contributed by atoms with E-state index in [1.165, 1.54) is 11.1 Å². The molecule has 4 nitrogen and oxygen atoms in total. The Morgan fingerprint density at radius 1 is 1.20 bits per heavy atom. The molecule has 0 aliphatic heterocycles. The predicted molar refractivity (Wildman–Crippen MR) is 82.1 cm³/mol. The minimum Gasteiger partial charge on any atom is -0.359 e. The van der Waals surface area contributed by atoms with Gasteiger partial charge in [0.15, 0.2) is 5.11 Å². The Balaban J connectivity index is 1.44. The monoisotopic (exact) mass is 289 g/mol. The molecule has 2 aliphatic carbocycles. The number of thiocarbonyl (C=S) groups is 1. The van der Waals surface area contributed by atoms with Crippen molar-refractivity contribution in [3.05, 3.63) is 35.4 Å². The van der Waals surface area contributed by atoms with E-state index in [9.17, 15) is 4.79 Å². The van der Waals surface area contributed by atoms with Crippen molar-refractivity contribution in [3.8, 4) is 0 Å². The maximum Gasteiger partial charge on any atom is 0.242 e. The van der Waals surface area contributed by atoms with Crippen molar-refractivity contribution >= 4 is 23.2 Å². The average Bonchev–Trinajstić information content (AvgIpc) is 3.30. The summed E-state index contributed by atoms with van der Waals surface area (Å²) in [6.07, 6.45) is 3.24. The Bertz CT molecular complexity index is 524. The third-order valence-electron chi connectivity index (χ3n) is 3.84. The van der Waals surface area contributed by atoms with Gasteiger partial charge in [-0.05, 0) is 49.9 Å². The summed E-state index contributed by atoms with van der Waals surface area (Å²) in [6, 6.07) is 8.90. The van der Waals surface area contributed by atoms with Crippen molar-refractivity contribution in [2.75, 3.05) is 0 Å². The SMILES string of the molecule is Cc1ccc([C@H]2C[C@@H]2C(=O)NNC(=S)NC2CC2)cc1. The smallest absolute Gasteiger partial charge is 0.242 e. The first-order valence-electron chi connectivity index (χ1n) is 7.06. The number of hydrazine groups is 1. The Kier molecular flexibility index (Phi) is 3.61. The molecule has 0 spiro atoms. The lowest BCUT2D eigenvalue weighted by Gasteiger charge is -2.10. The molecule has 0 bridgehead atoms. The molecule has 0 aromatic heterocycles. The molecule has 0 radical (unpaired) electrons. The lowest BCUT2D eigenvalue weighted by atomic mass is 10.1. The molecule has 0 unspecified atom stereocenters. The van der Waals surface area contributed by atoms with E-state index >= 15 is 0 Å². The second-order valence-corrected chi connectivity index (χ2v) is 6.13. The van der Waals surface area contributed by atoms with E-state index in [1.54, 1.807) is 0 Å². The molecular formula is C15H19N3OS. The van der Waals surface area contributed by atoms with Crippen LogP contribution in [-0.4, -0.2) is 17.1 Å². The Hall–Kier alpha value is -1.62. The molecule has 2 fully saturated rings. The normalized spacial score (nSPS) is 23.9. The first kappa shape index (κ1) is 13.4. The molecule has 0 saturated heterocycles. The highest BCUT2D eigenvalue weighted by molar-refractivity contribution is 7.80. The van der Waals surface area contributed by atoms with Crippen molar-refractivity contribution in [1.29, 1.82) is 0 Å². The third kappa shape index (κ3) is 3.28. The molecule has 106 valence electrons. The Morgan fingerprint density at radius 2 is 1.90 bits per heavy atom. The van der Waals surface area contributed by atoms with Gasteiger partial charge in [0.25, 0.3) is 0 Å². The quantitative estimate of drug-likeness (QED) is 0.586. The minimum atomic E-state index is 0.0236. The van der Waals surface area contributed by atoms with E-state index in [0.29, 0.717) is 17.1 Å². The topological polar surface area (TPSA) is 53.2 Å². The van der Waals surface area contributed by atoms with E-state index in [4.69, 9.17) is 12.2 Å². The lowest BCUT2D eigenvalue weighted by Crippen LogP contribution is -2.48. The third-order valence-corrected chi connectivity index (χ3v) is 4.06.